The van der Waals surface area contributed by atoms with E-state index in [1.165, 1.54) is 5.69 Å². The van der Waals surface area contributed by atoms with E-state index in [-0.39, 0.29) is 18.2 Å². The van der Waals surface area contributed by atoms with Crippen molar-refractivity contribution < 1.29 is 4.79 Å². The van der Waals surface area contributed by atoms with Gasteiger partial charge < -0.3 is 10.2 Å². The summed E-state index contributed by atoms with van der Waals surface area (Å²) in [5.41, 5.74) is 1.26. The number of thioether (sulfide) groups is 1. The smallest absolute Gasteiger partial charge is 0.223 e. The van der Waals surface area contributed by atoms with Gasteiger partial charge in [0.15, 0.2) is 4.34 Å². The number of piperazine rings is 1. The van der Waals surface area contributed by atoms with Gasteiger partial charge in [-0.15, -0.1) is 10.2 Å². The van der Waals surface area contributed by atoms with E-state index >= 15 is 0 Å². The zero-order valence-corrected chi connectivity index (χ0v) is 16.9. The lowest BCUT2D eigenvalue weighted by atomic mass is 10.1. The van der Waals surface area contributed by atoms with Gasteiger partial charge in [0.2, 0.25) is 5.91 Å². The molecule has 7 nitrogen and oxygen atoms in total. The second-order valence-electron chi connectivity index (χ2n) is 6.79. The summed E-state index contributed by atoms with van der Waals surface area (Å²) < 4.78 is 0.966. The minimum absolute atomic E-state index is 0.0917. The normalized spacial score (nSPS) is 24.0. The first-order valence-electron chi connectivity index (χ1n) is 9.20. The van der Waals surface area contributed by atoms with Crippen molar-refractivity contribution in [1.29, 1.82) is 0 Å². The van der Waals surface area contributed by atoms with E-state index in [1.807, 2.05) is 13.0 Å². The van der Waals surface area contributed by atoms with Crippen LogP contribution in [0, 0.1) is 6.92 Å². The van der Waals surface area contributed by atoms with Crippen molar-refractivity contribution in [2.24, 2.45) is 0 Å². The van der Waals surface area contributed by atoms with Gasteiger partial charge in [0.25, 0.3) is 0 Å². The van der Waals surface area contributed by atoms with Crippen molar-refractivity contribution in [3.8, 4) is 0 Å². The van der Waals surface area contributed by atoms with Gasteiger partial charge in [0.1, 0.15) is 11.3 Å². The van der Waals surface area contributed by atoms with Crippen LogP contribution in [0.15, 0.2) is 34.7 Å². The summed E-state index contributed by atoms with van der Waals surface area (Å²) in [7, 11) is 0. The molecule has 2 saturated heterocycles. The average Bonchev–Trinajstić information content (AvgIpc) is 3.12. The van der Waals surface area contributed by atoms with Gasteiger partial charge in [-0.05, 0) is 19.1 Å². The molecule has 1 aromatic heterocycles. The lowest BCUT2D eigenvalue weighted by molar-refractivity contribution is -0.126. The van der Waals surface area contributed by atoms with Crippen LogP contribution in [0.1, 0.15) is 11.4 Å². The van der Waals surface area contributed by atoms with Crippen LogP contribution < -0.4 is 15.5 Å². The number of benzene rings is 1. The Bertz CT molecular complexity index is 762. The van der Waals surface area contributed by atoms with Gasteiger partial charge in [-0.1, -0.05) is 41.3 Å². The molecule has 3 heterocycles. The van der Waals surface area contributed by atoms with E-state index in [0.717, 1.165) is 41.3 Å². The monoisotopic (exact) mass is 404 g/mol. The van der Waals surface area contributed by atoms with E-state index in [9.17, 15) is 4.79 Å². The largest absolute Gasteiger partial charge is 0.369 e. The first kappa shape index (κ1) is 18.7. The fraction of sp³-hybridized carbons (Fsp3) is 0.500. The molecule has 2 N–H and O–H groups in total. The first-order valence-corrected chi connectivity index (χ1v) is 11.0. The molecular weight excluding hydrogens is 380 g/mol. The quantitative estimate of drug-likeness (QED) is 0.732. The molecule has 144 valence electrons. The second-order valence-corrected chi connectivity index (χ2v) is 9.24. The number of hydrogen-bond donors (Lipinski definition) is 2. The van der Waals surface area contributed by atoms with Crippen LogP contribution in [0.4, 0.5) is 5.69 Å². The maximum Gasteiger partial charge on any atom is 0.223 e. The Labute approximate surface area is 167 Å². The van der Waals surface area contributed by atoms with Gasteiger partial charge in [0.05, 0.1) is 0 Å². The number of aromatic nitrogens is 2. The highest BCUT2D eigenvalue weighted by Gasteiger charge is 2.31. The Hall–Kier alpha value is -1.68. The van der Waals surface area contributed by atoms with Crippen molar-refractivity contribution in [1.82, 2.24) is 25.7 Å². The van der Waals surface area contributed by atoms with Gasteiger partial charge in [-0.25, -0.2) is 0 Å². The minimum atomic E-state index is -0.0917. The zero-order valence-electron chi connectivity index (χ0n) is 15.3. The van der Waals surface area contributed by atoms with E-state index in [4.69, 9.17) is 0 Å². The van der Waals surface area contributed by atoms with Crippen LogP contribution in [0.2, 0.25) is 0 Å². The number of nitrogens with one attached hydrogen (secondary N) is 2. The number of rotatable bonds is 5. The number of nitrogens with zero attached hydrogens (tertiary/aromatic N) is 4. The van der Waals surface area contributed by atoms with Gasteiger partial charge >= 0.3 is 0 Å². The fourth-order valence-corrected chi connectivity index (χ4v) is 5.32. The van der Waals surface area contributed by atoms with Crippen molar-refractivity contribution in [3.05, 3.63) is 35.3 Å². The van der Waals surface area contributed by atoms with Crippen LogP contribution >= 0.6 is 23.1 Å². The molecule has 2 fully saturated rings. The first-order chi connectivity index (χ1) is 13.2. The standard InChI is InChI=1S/C18H24N6OS2/c1-13-21-22-18(27-13)26-12-14-11-16(25)20-17(19-14)24-9-7-23(8-10-24)15-5-3-2-4-6-15/h2-6,14,17,19H,7-12H2,1H3,(H,20,25). The Morgan fingerprint density at radius 1 is 1.19 bits per heavy atom. The number of amides is 1. The van der Waals surface area contributed by atoms with Crippen LogP contribution in [0.3, 0.4) is 0 Å². The molecule has 2 aliphatic rings. The molecule has 1 aromatic carbocycles. The maximum atomic E-state index is 12.2. The van der Waals surface area contributed by atoms with E-state index in [2.05, 4.69) is 54.9 Å². The molecule has 4 rings (SSSR count). The molecule has 0 radical (unpaired) electrons. The predicted octanol–water partition coefficient (Wildman–Crippen LogP) is 1.52. The number of para-hydroxylation sites is 1. The van der Waals surface area contributed by atoms with Crippen LogP contribution in [-0.2, 0) is 4.79 Å². The van der Waals surface area contributed by atoms with Crippen LogP contribution in [0.25, 0.3) is 0 Å². The summed E-state index contributed by atoms with van der Waals surface area (Å²) >= 11 is 3.27. The summed E-state index contributed by atoms with van der Waals surface area (Å²) in [4.78, 5) is 16.9. The maximum absolute atomic E-state index is 12.2. The number of aryl methyl sites for hydroxylation is 1. The lowest BCUT2D eigenvalue weighted by Gasteiger charge is -2.43. The summed E-state index contributed by atoms with van der Waals surface area (Å²) in [6.45, 7) is 5.72. The molecule has 2 unspecified atom stereocenters. The minimum Gasteiger partial charge on any atom is -0.369 e. The Balaban J connectivity index is 1.30. The van der Waals surface area contributed by atoms with E-state index in [0.29, 0.717) is 6.42 Å². The Morgan fingerprint density at radius 3 is 2.67 bits per heavy atom. The molecule has 2 aromatic rings. The Kier molecular flexibility index (Phi) is 5.92. The topological polar surface area (TPSA) is 73.4 Å². The summed E-state index contributed by atoms with van der Waals surface area (Å²) in [6.07, 6.45) is 0.413. The molecule has 2 atom stereocenters. The van der Waals surface area contributed by atoms with E-state index < -0.39 is 0 Å². The third-order valence-corrected chi connectivity index (χ3v) is 6.97. The highest BCUT2D eigenvalue weighted by Crippen LogP contribution is 2.24. The third-order valence-electron chi connectivity index (χ3n) is 4.84. The number of carbonyl (C=O) groups is 1. The molecule has 27 heavy (non-hydrogen) atoms. The molecule has 0 saturated carbocycles. The number of anilines is 1. The van der Waals surface area contributed by atoms with Crippen LogP contribution in [-0.4, -0.2) is 65.3 Å². The number of carbonyl (C=O) groups excluding carboxylic acids is 1. The summed E-state index contributed by atoms with van der Waals surface area (Å²) in [5, 5.41) is 15.9. The zero-order chi connectivity index (χ0) is 18.6. The summed E-state index contributed by atoms with van der Waals surface area (Å²) in [6, 6.07) is 10.6. The fourth-order valence-electron chi connectivity index (χ4n) is 3.45. The molecular formula is C18H24N6OS2. The molecule has 0 aliphatic carbocycles. The van der Waals surface area contributed by atoms with Crippen LogP contribution in [0.5, 0.6) is 0 Å². The SMILES string of the molecule is Cc1nnc(SCC2CC(=O)NC(N3CCN(c4ccccc4)CC3)N2)s1. The lowest BCUT2D eigenvalue weighted by Crippen LogP contribution is -2.67. The highest BCUT2D eigenvalue weighted by atomic mass is 32.2. The third kappa shape index (κ3) is 4.78. The second kappa shape index (κ2) is 8.55. The van der Waals surface area contributed by atoms with Crippen molar-refractivity contribution in [3.63, 3.8) is 0 Å². The van der Waals surface area contributed by atoms with Crippen molar-refractivity contribution in [2.75, 3.05) is 36.8 Å². The molecule has 9 heteroatoms. The molecule has 2 aliphatic heterocycles. The van der Waals surface area contributed by atoms with Gasteiger partial charge in [-0.2, -0.15) is 0 Å². The molecule has 0 bridgehead atoms. The van der Waals surface area contributed by atoms with E-state index in [1.54, 1.807) is 23.1 Å². The Morgan fingerprint density at radius 2 is 1.96 bits per heavy atom. The predicted molar refractivity (Wildman–Crippen MR) is 109 cm³/mol. The number of hydrogen-bond acceptors (Lipinski definition) is 8. The summed E-state index contributed by atoms with van der Waals surface area (Å²) in [5.74, 6) is 0.936. The molecule has 1 amide bonds. The molecule has 0 spiro atoms. The van der Waals surface area contributed by atoms with Crippen molar-refractivity contribution >= 4 is 34.7 Å². The van der Waals surface area contributed by atoms with Gasteiger partial charge in [0, 0.05) is 50.1 Å². The van der Waals surface area contributed by atoms with Gasteiger partial charge in [-0.3, -0.25) is 15.0 Å². The highest BCUT2D eigenvalue weighted by molar-refractivity contribution is 8.01. The van der Waals surface area contributed by atoms with Crippen molar-refractivity contribution in [2.45, 2.75) is 30.0 Å². The average molecular weight is 405 g/mol.